The highest BCUT2D eigenvalue weighted by molar-refractivity contribution is 5.49. The molecule has 0 aliphatic carbocycles. The molecule has 3 nitrogen and oxygen atoms in total. The van der Waals surface area contributed by atoms with Crippen molar-refractivity contribution in [3.63, 3.8) is 0 Å². The van der Waals surface area contributed by atoms with Crippen molar-refractivity contribution < 1.29 is 4.74 Å². The number of anilines is 1. The Labute approximate surface area is 174 Å². The van der Waals surface area contributed by atoms with E-state index in [0.29, 0.717) is 12.6 Å². The van der Waals surface area contributed by atoms with Crippen LogP contribution in [0.2, 0.25) is 0 Å². The Morgan fingerprint density at radius 2 is 1.38 bits per heavy atom. The summed E-state index contributed by atoms with van der Waals surface area (Å²) in [5, 5.41) is 3.74. The average molecular weight is 387 g/mol. The summed E-state index contributed by atoms with van der Waals surface area (Å²) in [5.41, 5.74) is 3.89. The minimum Gasteiger partial charge on any atom is -0.489 e. The number of benzene rings is 3. The molecule has 1 fully saturated rings. The molecule has 0 bridgehead atoms. The van der Waals surface area contributed by atoms with E-state index < -0.39 is 0 Å². The summed E-state index contributed by atoms with van der Waals surface area (Å²) < 4.78 is 5.90. The third kappa shape index (κ3) is 5.85. The minimum absolute atomic E-state index is 0.611. The molecule has 0 unspecified atom stereocenters. The largest absolute Gasteiger partial charge is 0.489 e. The quantitative estimate of drug-likeness (QED) is 0.585. The zero-order valence-corrected chi connectivity index (χ0v) is 17.0. The van der Waals surface area contributed by atoms with Crippen molar-refractivity contribution in [2.45, 2.75) is 31.9 Å². The van der Waals surface area contributed by atoms with E-state index >= 15 is 0 Å². The lowest BCUT2D eigenvalue weighted by atomic mass is 10.0. The van der Waals surface area contributed by atoms with Crippen LogP contribution in [0.4, 0.5) is 5.69 Å². The van der Waals surface area contributed by atoms with Crippen molar-refractivity contribution in [1.82, 2.24) is 5.32 Å². The maximum absolute atomic E-state index is 5.90. The summed E-state index contributed by atoms with van der Waals surface area (Å²) in [4.78, 5) is 2.48. The Morgan fingerprint density at radius 1 is 0.759 bits per heavy atom. The van der Waals surface area contributed by atoms with E-state index in [1.54, 1.807) is 0 Å². The second-order valence-electron chi connectivity index (χ2n) is 7.72. The number of nitrogens with zero attached hydrogens (tertiary/aromatic N) is 1. The third-order valence-corrected chi connectivity index (χ3v) is 5.63. The smallest absolute Gasteiger partial charge is 0.119 e. The summed E-state index contributed by atoms with van der Waals surface area (Å²) in [6, 6.07) is 30.2. The first kappa shape index (κ1) is 19.5. The van der Waals surface area contributed by atoms with Crippen LogP contribution in [-0.2, 0) is 13.0 Å². The van der Waals surface area contributed by atoms with E-state index in [2.05, 4.69) is 76.9 Å². The second-order valence-corrected chi connectivity index (χ2v) is 7.72. The van der Waals surface area contributed by atoms with E-state index in [9.17, 15) is 0 Å². The van der Waals surface area contributed by atoms with Gasteiger partial charge in [-0.1, -0.05) is 60.7 Å². The van der Waals surface area contributed by atoms with Crippen LogP contribution in [0.25, 0.3) is 0 Å². The molecule has 1 aliphatic heterocycles. The molecule has 1 saturated heterocycles. The van der Waals surface area contributed by atoms with Crippen LogP contribution in [0.15, 0.2) is 84.9 Å². The summed E-state index contributed by atoms with van der Waals surface area (Å²) in [5.74, 6) is 0.926. The second kappa shape index (κ2) is 10.1. The van der Waals surface area contributed by atoms with E-state index in [1.165, 1.54) is 29.7 Å². The zero-order valence-electron chi connectivity index (χ0n) is 17.0. The topological polar surface area (TPSA) is 24.5 Å². The van der Waals surface area contributed by atoms with Crippen molar-refractivity contribution in [3.8, 4) is 5.75 Å². The molecule has 0 aromatic heterocycles. The van der Waals surface area contributed by atoms with Gasteiger partial charge in [0.1, 0.15) is 12.4 Å². The summed E-state index contributed by atoms with van der Waals surface area (Å²) in [7, 11) is 0. The standard InChI is InChI=1S/C26H30N2O/c1-3-7-22(8-4-1)15-18-27-24-16-19-28(20-17-24)25-11-13-26(14-12-25)29-21-23-9-5-2-6-10-23/h1-14,24,27H,15-21H2. The fraction of sp³-hybridized carbons (Fsp3) is 0.308. The van der Waals surface area contributed by atoms with Gasteiger partial charge in [0.05, 0.1) is 0 Å². The SMILES string of the molecule is c1ccc(CCNC2CCN(c3ccc(OCc4ccccc4)cc3)CC2)cc1. The van der Waals surface area contributed by atoms with Crippen LogP contribution in [0, 0.1) is 0 Å². The highest BCUT2D eigenvalue weighted by Gasteiger charge is 2.18. The lowest BCUT2D eigenvalue weighted by Crippen LogP contribution is -2.43. The molecule has 3 aromatic carbocycles. The van der Waals surface area contributed by atoms with E-state index in [0.717, 1.165) is 31.8 Å². The van der Waals surface area contributed by atoms with Crippen LogP contribution in [0.3, 0.4) is 0 Å². The van der Waals surface area contributed by atoms with Crippen molar-refractivity contribution >= 4 is 5.69 Å². The van der Waals surface area contributed by atoms with Gasteiger partial charge < -0.3 is 15.0 Å². The van der Waals surface area contributed by atoms with Crippen molar-refractivity contribution in [1.29, 1.82) is 0 Å². The van der Waals surface area contributed by atoms with Gasteiger partial charge in [0.2, 0.25) is 0 Å². The lowest BCUT2D eigenvalue weighted by molar-refractivity contribution is 0.306. The van der Waals surface area contributed by atoms with E-state index in [1.807, 2.05) is 18.2 Å². The zero-order chi connectivity index (χ0) is 19.7. The van der Waals surface area contributed by atoms with Gasteiger partial charge in [-0.15, -0.1) is 0 Å². The predicted molar refractivity (Wildman–Crippen MR) is 121 cm³/mol. The predicted octanol–water partition coefficient (Wildman–Crippen LogP) is 5.07. The molecule has 1 aliphatic rings. The number of ether oxygens (including phenoxy) is 1. The van der Waals surface area contributed by atoms with Gasteiger partial charge in [-0.05, 0) is 61.2 Å². The normalized spacial score (nSPS) is 14.7. The third-order valence-electron chi connectivity index (χ3n) is 5.63. The Balaban J connectivity index is 1.19. The van der Waals surface area contributed by atoms with Gasteiger partial charge in [0, 0.05) is 24.8 Å². The molecule has 29 heavy (non-hydrogen) atoms. The first-order valence-electron chi connectivity index (χ1n) is 10.7. The monoisotopic (exact) mass is 386 g/mol. The van der Waals surface area contributed by atoms with Gasteiger partial charge in [0.25, 0.3) is 0 Å². The number of piperidine rings is 1. The minimum atomic E-state index is 0.611. The number of hydrogen-bond donors (Lipinski definition) is 1. The molecule has 0 saturated carbocycles. The number of hydrogen-bond acceptors (Lipinski definition) is 3. The molecular weight excluding hydrogens is 356 g/mol. The number of rotatable bonds is 8. The molecule has 1 N–H and O–H groups in total. The highest BCUT2D eigenvalue weighted by Crippen LogP contribution is 2.23. The van der Waals surface area contributed by atoms with E-state index in [4.69, 9.17) is 4.74 Å². The van der Waals surface area contributed by atoms with Crippen molar-refractivity contribution in [2.24, 2.45) is 0 Å². The molecule has 3 heteroatoms. The van der Waals surface area contributed by atoms with Crippen LogP contribution in [0.1, 0.15) is 24.0 Å². The molecule has 1 heterocycles. The summed E-state index contributed by atoms with van der Waals surface area (Å²) in [6.45, 7) is 3.88. The maximum atomic E-state index is 5.90. The van der Waals surface area contributed by atoms with Gasteiger partial charge in [-0.2, -0.15) is 0 Å². The van der Waals surface area contributed by atoms with Crippen molar-refractivity contribution in [3.05, 3.63) is 96.1 Å². The van der Waals surface area contributed by atoms with Crippen LogP contribution in [0.5, 0.6) is 5.75 Å². The Morgan fingerprint density at radius 3 is 2.03 bits per heavy atom. The number of nitrogens with one attached hydrogen (secondary N) is 1. The fourth-order valence-electron chi connectivity index (χ4n) is 3.90. The van der Waals surface area contributed by atoms with Crippen LogP contribution in [-0.4, -0.2) is 25.7 Å². The Kier molecular flexibility index (Phi) is 6.82. The molecule has 4 rings (SSSR count). The van der Waals surface area contributed by atoms with Crippen molar-refractivity contribution in [2.75, 3.05) is 24.5 Å². The molecule has 150 valence electrons. The van der Waals surface area contributed by atoms with E-state index in [-0.39, 0.29) is 0 Å². The maximum Gasteiger partial charge on any atom is 0.119 e. The van der Waals surface area contributed by atoms with Crippen LogP contribution >= 0.6 is 0 Å². The summed E-state index contributed by atoms with van der Waals surface area (Å²) in [6.07, 6.45) is 3.49. The molecule has 3 aromatic rings. The van der Waals surface area contributed by atoms with Gasteiger partial charge >= 0.3 is 0 Å². The van der Waals surface area contributed by atoms with Crippen LogP contribution < -0.4 is 15.0 Å². The lowest BCUT2D eigenvalue weighted by Gasteiger charge is -2.34. The first-order chi connectivity index (χ1) is 14.4. The molecule has 0 radical (unpaired) electrons. The molecule has 0 spiro atoms. The van der Waals surface area contributed by atoms with Gasteiger partial charge in [0.15, 0.2) is 0 Å². The average Bonchev–Trinajstić information content (AvgIpc) is 2.80. The molecule has 0 amide bonds. The Bertz CT molecular complexity index is 841. The van der Waals surface area contributed by atoms with Gasteiger partial charge in [-0.3, -0.25) is 0 Å². The first-order valence-corrected chi connectivity index (χ1v) is 10.7. The summed E-state index contributed by atoms with van der Waals surface area (Å²) >= 11 is 0. The van der Waals surface area contributed by atoms with Gasteiger partial charge in [-0.25, -0.2) is 0 Å². The molecular formula is C26H30N2O. The highest BCUT2D eigenvalue weighted by atomic mass is 16.5. The Hall–Kier alpha value is -2.78. The fourth-order valence-corrected chi connectivity index (χ4v) is 3.90. The molecule has 0 atom stereocenters.